The Morgan fingerprint density at radius 2 is 2.11 bits per heavy atom. The molecule has 1 N–H and O–H groups in total. The molecule has 28 heavy (non-hydrogen) atoms. The second-order valence-corrected chi connectivity index (χ2v) is 6.67. The van der Waals surface area contributed by atoms with Gasteiger partial charge in [0.2, 0.25) is 11.8 Å². The molecule has 0 unspecified atom stereocenters. The summed E-state index contributed by atoms with van der Waals surface area (Å²) in [6.07, 6.45) is 0. The highest BCUT2D eigenvalue weighted by molar-refractivity contribution is 6.32. The first-order valence-electron chi connectivity index (χ1n) is 8.80. The van der Waals surface area contributed by atoms with Gasteiger partial charge in [0.15, 0.2) is 17.1 Å². The van der Waals surface area contributed by atoms with Gasteiger partial charge in [0.05, 0.1) is 17.7 Å². The Morgan fingerprint density at radius 1 is 1.32 bits per heavy atom. The van der Waals surface area contributed by atoms with Crippen LogP contribution < -0.4 is 14.8 Å². The van der Waals surface area contributed by atoms with Crippen LogP contribution in [-0.2, 0) is 4.79 Å². The van der Waals surface area contributed by atoms with E-state index in [1.165, 1.54) is 13.0 Å². The molecule has 3 rings (SSSR count). The number of halogens is 2. The zero-order chi connectivity index (χ0) is 20.3. The summed E-state index contributed by atoms with van der Waals surface area (Å²) in [5.41, 5.74) is 1.50. The van der Waals surface area contributed by atoms with Crippen molar-refractivity contribution in [2.45, 2.75) is 26.8 Å². The maximum atomic E-state index is 14.2. The molecule has 0 saturated carbocycles. The van der Waals surface area contributed by atoms with Gasteiger partial charge in [-0.05, 0) is 38.1 Å². The van der Waals surface area contributed by atoms with Gasteiger partial charge >= 0.3 is 0 Å². The molecule has 1 amide bonds. The van der Waals surface area contributed by atoms with Crippen LogP contribution >= 0.6 is 11.6 Å². The molecule has 6 nitrogen and oxygen atoms in total. The number of aromatic nitrogens is 1. The van der Waals surface area contributed by atoms with Crippen LogP contribution in [0.5, 0.6) is 11.5 Å². The van der Waals surface area contributed by atoms with Gasteiger partial charge in [-0.1, -0.05) is 11.6 Å². The first-order chi connectivity index (χ1) is 13.4. The summed E-state index contributed by atoms with van der Waals surface area (Å²) in [4.78, 5) is 15.4. The lowest BCUT2D eigenvalue weighted by Gasteiger charge is -2.13. The number of carbonyl (C=O) groups is 1. The summed E-state index contributed by atoms with van der Waals surface area (Å²) in [7, 11) is 0. The quantitative estimate of drug-likeness (QED) is 0.621. The fourth-order valence-corrected chi connectivity index (χ4v) is 2.96. The summed E-state index contributed by atoms with van der Waals surface area (Å²) >= 11 is 6.11. The highest BCUT2D eigenvalue weighted by atomic mass is 35.5. The molecule has 0 saturated heterocycles. The number of nitrogens with zero attached hydrogens (tertiary/aromatic N) is 1. The van der Waals surface area contributed by atoms with Crippen LogP contribution in [0.4, 0.5) is 4.39 Å². The molecule has 0 fully saturated rings. The predicted octanol–water partition coefficient (Wildman–Crippen LogP) is 4.59. The second-order valence-electron chi connectivity index (χ2n) is 6.26. The predicted molar refractivity (Wildman–Crippen MR) is 104 cm³/mol. The maximum Gasteiger partial charge on any atom is 0.227 e. The van der Waals surface area contributed by atoms with E-state index in [4.69, 9.17) is 25.5 Å². The van der Waals surface area contributed by atoms with E-state index in [1.54, 1.807) is 31.2 Å². The number of fused-ring (bicyclic) bond motifs is 1. The van der Waals surface area contributed by atoms with Crippen molar-refractivity contribution in [3.63, 3.8) is 0 Å². The first kappa shape index (κ1) is 19.9. The van der Waals surface area contributed by atoms with Gasteiger partial charge in [-0.3, -0.25) is 4.79 Å². The van der Waals surface area contributed by atoms with E-state index in [9.17, 15) is 9.18 Å². The van der Waals surface area contributed by atoms with Crippen LogP contribution in [0.3, 0.4) is 0 Å². The van der Waals surface area contributed by atoms with E-state index in [2.05, 4.69) is 10.3 Å². The minimum atomic E-state index is -0.581. The zero-order valence-corrected chi connectivity index (χ0v) is 16.5. The first-order valence-corrected chi connectivity index (χ1v) is 9.18. The molecule has 148 valence electrons. The summed E-state index contributed by atoms with van der Waals surface area (Å²) in [6, 6.07) is 7.88. The molecule has 0 radical (unpaired) electrons. The number of hydrogen-bond donors (Lipinski definition) is 1. The smallest absolute Gasteiger partial charge is 0.227 e. The largest absolute Gasteiger partial charge is 0.491 e. The maximum absolute atomic E-state index is 14.2. The third-order valence-electron chi connectivity index (χ3n) is 3.84. The minimum Gasteiger partial charge on any atom is -0.491 e. The molecule has 8 heteroatoms. The molecular formula is C20H20ClFN2O4. The Labute approximate surface area is 166 Å². The number of benzene rings is 2. The number of amides is 1. The minimum absolute atomic E-state index is 0.00741. The zero-order valence-electron chi connectivity index (χ0n) is 15.7. The van der Waals surface area contributed by atoms with Crippen LogP contribution in [0, 0.1) is 5.82 Å². The van der Waals surface area contributed by atoms with Gasteiger partial charge in [0, 0.05) is 18.6 Å². The SMILES string of the molecule is CCOc1c(F)cc(-c2nc3ccc(OC[C@H](C)NC(C)=O)cc3o2)cc1Cl. The lowest BCUT2D eigenvalue weighted by Crippen LogP contribution is -2.35. The molecular weight excluding hydrogens is 387 g/mol. The normalized spacial score (nSPS) is 12.0. The lowest BCUT2D eigenvalue weighted by atomic mass is 10.2. The standard InChI is InChI=1S/C20H20ClFN2O4/c1-4-26-19-15(21)7-13(8-16(19)22)20-24-17-6-5-14(9-18(17)28-20)27-10-11(2)23-12(3)25/h5-9,11H,4,10H2,1-3H3,(H,23,25)/t11-/m0/s1. The van der Waals surface area contributed by atoms with Gasteiger partial charge in [0.1, 0.15) is 17.9 Å². The molecule has 1 aromatic heterocycles. The van der Waals surface area contributed by atoms with Crippen molar-refractivity contribution in [3.05, 3.63) is 41.2 Å². The van der Waals surface area contributed by atoms with E-state index in [1.807, 2.05) is 6.92 Å². The summed E-state index contributed by atoms with van der Waals surface area (Å²) in [5.74, 6) is 0.120. The van der Waals surface area contributed by atoms with Crippen LogP contribution in [-0.4, -0.2) is 30.1 Å². The van der Waals surface area contributed by atoms with Crippen molar-refractivity contribution in [2.75, 3.05) is 13.2 Å². The van der Waals surface area contributed by atoms with Crippen molar-refractivity contribution in [1.29, 1.82) is 0 Å². The number of nitrogens with one attached hydrogen (secondary N) is 1. The highest BCUT2D eigenvalue weighted by Gasteiger charge is 2.16. The Bertz CT molecular complexity index is 982. The average Bonchev–Trinajstić information content (AvgIpc) is 3.05. The Kier molecular flexibility index (Phi) is 6.04. The Hall–Kier alpha value is -2.80. The van der Waals surface area contributed by atoms with Crippen LogP contribution in [0.1, 0.15) is 20.8 Å². The summed E-state index contributed by atoms with van der Waals surface area (Å²) in [6.45, 7) is 5.67. The van der Waals surface area contributed by atoms with E-state index in [0.29, 0.717) is 35.6 Å². The molecule has 0 bridgehead atoms. The third-order valence-corrected chi connectivity index (χ3v) is 4.12. The molecule has 3 aromatic rings. The van der Waals surface area contributed by atoms with E-state index in [0.717, 1.165) is 0 Å². The van der Waals surface area contributed by atoms with Gasteiger partial charge in [0.25, 0.3) is 0 Å². The molecule has 0 aliphatic carbocycles. The van der Waals surface area contributed by atoms with Crippen LogP contribution in [0.25, 0.3) is 22.6 Å². The topological polar surface area (TPSA) is 73.6 Å². The Balaban J connectivity index is 1.82. The van der Waals surface area contributed by atoms with Crippen LogP contribution in [0.15, 0.2) is 34.7 Å². The number of oxazole rings is 1. The summed E-state index contributed by atoms with van der Waals surface area (Å²) < 4.78 is 30.9. The third kappa shape index (κ3) is 4.54. The molecule has 0 aliphatic heterocycles. The van der Waals surface area contributed by atoms with Gasteiger partial charge < -0.3 is 19.2 Å². The average molecular weight is 407 g/mol. The van der Waals surface area contributed by atoms with Crippen molar-refractivity contribution < 1.29 is 23.1 Å². The molecule has 2 aromatic carbocycles. The number of hydrogen-bond acceptors (Lipinski definition) is 5. The fraction of sp³-hybridized carbons (Fsp3) is 0.300. The summed E-state index contributed by atoms with van der Waals surface area (Å²) in [5, 5.41) is 2.89. The molecule has 1 heterocycles. The monoisotopic (exact) mass is 406 g/mol. The fourth-order valence-electron chi connectivity index (χ4n) is 2.69. The van der Waals surface area contributed by atoms with Gasteiger partial charge in [-0.2, -0.15) is 0 Å². The number of ether oxygens (including phenoxy) is 2. The second kappa shape index (κ2) is 8.48. The van der Waals surface area contributed by atoms with E-state index < -0.39 is 5.82 Å². The number of rotatable bonds is 7. The Morgan fingerprint density at radius 3 is 2.79 bits per heavy atom. The molecule has 0 spiro atoms. The molecule has 1 atom stereocenters. The van der Waals surface area contributed by atoms with Gasteiger partial charge in [-0.25, -0.2) is 9.37 Å². The van der Waals surface area contributed by atoms with Crippen molar-refractivity contribution in [1.82, 2.24) is 10.3 Å². The highest BCUT2D eigenvalue weighted by Crippen LogP contribution is 2.34. The van der Waals surface area contributed by atoms with E-state index >= 15 is 0 Å². The van der Waals surface area contributed by atoms with E-state index in [-0.39, 0.29) is 28.6 Å². The van der Waals surface area contributed by atoms with Gasteiger partial charge in [-0.15, -0.1) is 0 Å². The number of carbonyl (C=O) groups excluding carboxylic acids is 1. The lowest BCUT2D eigenvalue weighted by molar-refractivity contribution is -0.119. The molecule has 0 aliphatic rings. The van der Waals surface area contributed by atoms with Crippen molar-refractivity contribution >= 4 is 28.6 Å². The van der Waals surface area contributed by atoms with Crippen molar-refractivity contribution in [3.8, 4) is 23.0 Å². The van der Waals surface area contributed by atoms with Crippen molar-refractivity contribution in [2.24, 2.45) is 0 Å². The van der Waals surface area contributed by atoms with Crippen LogP contribution in [0.2, 0.25) is 5.02 Å².